The fourth-order valence-corrected chi connectivity index (χ4v) is 4.00. The molecule has 0 bridgehead atoms. The van der Waals surface area contributed by atoms with Crippen molar-refractivity contribution in [2.75, 3.05) is 23.7 Å². The average Bonchev–Trinajstić information content (AvgIpc) is 3.38. The lowest BCUT2D eigenvalue weighted by Crippen LogP contribution is -2.29. The minimum atomic E-state index is -1.79. The summed E-state index contributed by atoms with van der Waals surface area (Å²) in [6.45, 7) is 4.61. The van der Waals surface area contributed by atoms with Crippen LogP contribution in [0.3, 0.4) is 0 Å². The van der Waals surface area contributed by atoms with Gasteiger partial charge in [0.15, 0.2) is 16.9 Å². The van der Waals surface area contributed by atoms with Crippen molar-refractivity contribution in [3.63, 3.8) is 0 Å². The van der Waals surface area contributed by atoms with E-state index in [1.807, 2.05) is 50.3 Å². The molecule has 1 fully saturated rings. The van der Waals surface area contributed by atoms with E-state index < -0.39 is 17.2 Å². The van der Waals surface area contributed by atoms with Crippen molar-refractivity contribution in [3.05, 3.63) is 60.2 Å². The highest BCUT2D eigenvalue weighted by Gasteiger charge is 2.28. The first-order valence-corrected chi connectivity index (χ1v) is 11.9. The first kappa shape index (κ1) is 24.4. The van der Waals surface area contributed by atoms with Gasteiger partial charge >= 0.3 is 0 Å². The van der Waals surface area contributed by atoms with Crippen LogP contribution in [0.4, 0.5) is 17.3 Å². The van der Waals surface area contributed by atoms with Crippen LogP contribution in [-0.2, 0) is 0 Å². The Bertz CT molecular complexity index is 1050. The molecule has 9 nitrogen and oxygen atoms in total. The topological polar surface area (TPSA) is 134 Å². The Labute approximate surface area is 196 Å². The molecule has 0 saturated carbocycles. The number of anilines is 3. The van der Waals surface area contributed by atoms with Gasteiger partial charge in [0, 0.05) is 27.9 Å². The van der Waals surface area contributed by atoms with E-state index >= 15 is 0 Å². The number of hydrogen-bond acceptors (Lipinski definition) is 8. The van der Waals surface area contributed by atoms with Gasteiger partial charge < -0.3 is 30.3 Å². The number of aliphatic hydroxyl groups excluding tert-OH is 1. The molecule has 0 spiro atoms. The van der Waals surface area contributed by atoms with Gasteiger partial charge in [-0.1, -0.05) is 49.4 Å². The van der Waals surface area contributed by atoms with Crippen LogP contribution in [0.5, 0.6) is 5.75 Å². The number of nitrogens with one attached hydrogen (secondary N) is 2. The molecule has 1 aromatic heterocycles. The van der Waals surface area contributed by atoms with Crippen molar-refractivity contribution in [2.45, 2.75) is 38.8 Å². The number of phenolic OH excluding ortho intramolecular Hbond substituents is 1. The summed E-state index contributed by atoms with van der Waals surface area (Å²) in [5.41, 5.74) is 0.355. The molecule has 1 amide bonds. The molecule has 1 aliphatic rings. The third-order valence-corrected chi connectivity index (χ3v) is 5.84. The molecule has 0 radical (unpaired) electrons. The molecule has 4 N–H and O–H groups in total. The van der Waals surface area contributed by atoms with E-state index in [2.05, 4.69) is 19.4 Å². The minimum absolute atomic E-state index is 0.0794. The number of amides is 1. The fraction of sp³-hybridized carbons (Fsp3) is 0.348. The normalized spacial score (nSPS) is 18.0. The number of allylic oxidation sites excluding steroid dienone is 5. The first-order valence-electron chi connectivity index (χ1n) is 10.8. The molecule has 1 aliphatic heterocycles. The zero-order chi connectivity index (χ0) is 23.8. The minimum Gasteiger partial charge on any atom is -0.546 e. The smallest absolute Gasteiger partial charge is 0.257 e. The van der Waals surface area contributed by atoms with Crippen LogP contribution >= 0.6 is 11.1 Å². The Balaban J connectivity index is 1.77. The Morgan fingerprint density at radius 2 is 2.06 bits per heavy atom. The molecule has 1 aromatic carbocycles. The second-order valence-corrected chi connectivity index (χ2v) is 8.41. The second-order valence-electron chi connectivity index (χ2n) is 7.59. The highest BCUT2D eigenvalue weighted by atomic mass is 32.2. The Hall–Kier alpha value is -3.21. The standard InChI is InChI=1S/C23H29N5O4S/c1-3-5-6-7-8-10-16(4-2)24-21-22(27-33(32)26-21)25-19-12-9-11-18(20(19)30)23(31)28-14-13-17(29)15-28/h3,5-12,16-17,29-30H,4,13-15H2,1-2H3,(H,24,26)(H,25,27)/b5-3-,7-6-,10-8+/t16-,17+,33?/m1/s1. The van der Waals surface area contributed by atoms with E-state index in [1.54, 1.807) is 12.1 Å². The number of para-hydroxylation sites is 1. The van der Waals surface area contributed by atoms with Gasteiger partial charge in [-0.05, 0) is 31.9 Å². The summed E-state index contributed by atoms with van der Waals surface area (Å²) in [7, 11) is 0. The number of nitrogens with zero attached hydrogens (tertiary/aromatic N) is 3. The maximum atomic E-state index is 12.8. The number of benzene rings is 1. The van der Waals surface area contributed by atoms with Crippen molar-refractivity contribution in [3.8, 4) is 5.75 Å². The van der Waals surface area contributed by atoms with Gasteiger partial charge in [0.1, 0.15) is 0 Å². The number of β-amino-alcohol motifs (C(OH)–C–C–N with tert-alkyl or cyclic N) is 1. The van der Waals surface area contributed by atoms with Crippen LogP contribution < -0.4 is 10.6 Å². The fourth-order valence-electron chi connectivity index (χ4n) is 3.38. The van der Waals surface area contributed by atoms with E-state index in [-0.39, 0.29) is 41.3 Å². The molecule has 3 rings (SSSR count). The Morgan fingerprint density at radius 1 is 1.30 bits per heavy atom. The number of carbonyl (C=O) groups excluding carboxylic acids is 1. The molecule has 176 valence electrons. The maximum Gasteiger partial charge on any atom is 0.257 e. The SMILES string of the molecule is C\C=C/C=C\C=C\[C@@H](CC)Nc1n[s+]([O-])nc1Nc1cccc(C(=O)N2CC[C@H](O)C2)c1O. The molecule has 2 aromatic rings. The third-order valence-electron chi connectivity index (χ3n) is 5.16. The van der Waals surface area contributed by atoms with Crippen LogP contribution in [0.2, 0.25) is 0 Å². The molecule has 0 aliphatic carbocycles. The number of hydrogen-bond donors (Lipinski definition) is 4. The highest BCUT2D eigenvalue weighted by molar-refractivity contribution is 7.14. The van der Waals surface area contributed by atoms with Crippen molar-refractivity contribution < 1.29 is 19.6 Å². The van der Waals surface area contributed by atoms with E-state index in [9.17, 15) is 19.6 Å². The summed E-state index contributed by atoms with van der Waals surface area (Å²) in [5.74, 6) is -0.0920. The van der Waals surface area contributed by atoms with Gasteiger partial charge in [0.25, 0.3) is 5.91 Å². The number of likely N-dealkylation sites (tertiary alicyclic amines) is 1. The van der Waals surface area contributed by atoms with Crippen LogP contribution in [0.1, 0.15) is 37.0 Å². The maximum absolute atomic E-state index is 12.8. The van der Waals surface area contributed by atoms with Gasteiger partial charge in [-0.2, -0.15) is 0 Å². The molecule has 3 atom stereocenters. The predicted molar refractivity (Wildman–Crippen MR) is 129 cm³/mol. The van der Waals surface area contributed by atoms with Crippen molar-refractivity contribution in [2.24, 2.45) is 0 Å². The lowest BCUT2D eigenvalue weighted by atomic mass is 10.1. The van der Waals surface area contributed by atoms with Gasteiger partial charge in [-0.15, -0.1) is 0 Å². The number of carbonyl (C=O) groups is 1. The van der Waals surface area contributed by atoms with Crippen molar-refractivity contribution >= 4 is 34.4 Å². The Morgan fingerprint density at radius 3 is 2.76 bits per heavy atom. The number of phenols is 1. The van der Waals surface area contributed by atoms with Crippen LogP contribution in [0, 0.1) is 0 Å². The van der Waals surface area contributed by atoms with Crippen LogP contribution in [0.25, 0.3) is 0 Å². The number of aliphatic hydroxyl groups is 1. The first-order chi connectivity index (χ1) is 15.9. The highest BCUT2D eigenvalue weighted by Crippen LogP contribution is 2.34. The zero-order valence-corrected chi connectivity index (χ0v) is 19.5. The van der Waals surface area contributed by atoms with Crippen LogP contribution in [0.15, 0.2) is 54.7 Å². The summed E-state index contributed by atoms with van der Waals surface area (Å²) in [6.07, 6.45) is 12.3. The van der Waals surface area contributed by atoms with Crippen LogP contribution in [-0.4, -0.2) is 59.6 Å². The third kappa shape index (κ3) is 6.41. The molecule has 33 heavy (non-hydrogen) atoms. The molecule has 1 saturated heterocycles. The van der Waals surface area contributed by atoms with Gasteiger partial charge in [0.05, 0.1) is 17.4 Å². The molecule has 2 heterocycles. The Kier molecular flexibility index (Phi) is 8.58. The van der Waals surface area contributed by atoms with Gasteiger partial charge in [-0.25, -0.2) is 0 Å². The van der Waals surface area contributed by atoms with E-state index in [4.69, 9.17) is 0 Å². The van der Waals surface area contributed by atoms with E-state index in [0.29, 0.717) is 18.8 Å². The number of rotatable bonds is 9. The average molecular weight is 472 g/mol. The second kappa shape index (κ2) is 11.6. The molecule has 10 heteroatoms. The summed E-state index contributed by atoms with van der Waals surface area (Å²) in [4.78, 5) is 14.3. The zero-order valence-electron chi connectivity index (χ0n) is 18.6. The molecule has 1 unspecified atom stereocenters. The molecular formula is C23H29N5O4S. The monoisotopic (exact) mass is 471 g/mol. The quantitative estimate of drug-likeness (QED) is 0.247. The van der Waals surface area contributed by atoms with E-state index in [1.165, 1.54) is 11.0 Å². The summed E-state index contributed by atoms with van der Waals surface area (Å²) < 4.78 is 20.0. The molecular weight excluding hydrogens is 442 g/mol. The van der Waals surface area contributed by atoms with Crippen molar-refractivity contribution in [1.29, 1.82) is 0 Å². The number of aromatic hydroxyl groups is 1. The lowest BCUT2D eigenvalue weighted by molar-refractivity contribution is 0.0762. The summed E-state index contributed by atoms with van der Waals surface area (Å²) in [5, 5.41) is 26.6. The lowest BCUT2D eigenvalue weighted by Gasteiger charge is -2.17. The number of aromatic nitrogens is 2. The van der Waals surface area contributed by atoms with Gasteiger partial charge in [-0.3, -0.25) is 4.79 Å². The summed E-state index contributed by atoms with van der Waals surface area (Å²) in [6, 6.07) is 4.67. The predicted octanol–water partition coefficient (Wildman–Crippen LogP) is 3.74. The largest absolute Gasteiger partial charge is 0.546 e. The van der Waals surface area contributed by atoms with Gasteiger partial charge in [0.2, 0.25) is 11.6 Å². The van der Waals surface area contributed by atoms with E-state index in [0.717, 1.165) is 6.42 Å². The summed E-state index contributed by atoms with van der Waals surface area (Å²) >= 11 is -1.79. The van der Waals surface area contributed by atoms with Crippen molar-refractivity contribution in [1.82, 2.24) is 13.6 Å².